The van der Waals surface area contributed by atoms with Crippen LogP contribution in [0.4, 0.5) is 0 Å². The van der Waals surface area contributed by atoms with Crippen molar-refractivity contribution < 1.29 is 9.05 Å². The summed E-state index contributed by atoms with van der Waals surface area (Å²) in [4.78, 5) is 0. The molecule has 0 radical (unpaired) electrons. The molecule has 0 amide bonds. The topological polar surface area (TPSA) is 18.5 Å². The summed E-state index contributed by atoms with van der Waals surface area (Å²) in [5.41, 5.74) is 0. The molecule has 0 unspecified atom stereocenters. The molecule has 2 nitrogen and oxygen atoms in total. The fraction of sp³-hybridized carbons (Fsp3) is 1.00. The van der Waals surface area contributed by atoms with Crippen LogP contribution in [0.2, 0.25) is 0 Å². The Morgan fingerprint density at radius 1 is 0.464 bits per heavy atom. The van der Waals surface area contributed by atoms with Crippen molar-refractivity contribution in [3.05, 3.63) is 0 Å². The molecule has 0 aliphatic heterocycles. The van der Waals surface area contributed by atoms with E-state index in [2.05, 4.69) is 20.8 Å². The van der Waals surface area contributed by atoms with Gasteiger partial charge in [-0.1, -0.05) is 128 Å². The summed E-state index contributed by atoms with van der Waals surface area (Å²) >= 11 is 1.95. The van der Waals surface area contributed by atoms with E-state index >= 15 is 0 Å². The Balaban J connectivity index is 3.80. The number of rotatable bonds is 24. The second-order valence-corrected chi connectivity index (χ2v) is 11.3. The molecule has 0 atom stereocenters. The lowest BCUT2D eigenvalue weighted by atomic mass is 10.1. The molecule has 0 heterocycles. The highest BCUT2D eigenvalue weighted by Gasteiger charge is 2.11. The smallest absolute Gasteiger partial charge is 0.238 e. The van der Waals surface area contributed by atoms with E-state index in [1.165, 1.54) is 121 Å². The van der Waals surface area contributed by atoms with Crippen LogP contribution < -0.4 is 0 Å². The molecule has 0 bridgehead atoms. The van der Waals surface area contributed by atoms with Crippen LogP contribution in [-0.2, 0) is 9.05 Å². The monoisotopic (exact) mass is 434 g/mol. The highest BCUT2D eigenvalue weighted by Crippen LogP contribution is 2.52. The van der Waals surface area contributed by atoms with Crippen molar-refractivity contribution in [2.75, 3.05) is 19.0 Å². The summed E-state index contributed by atoms with van der Waals surface area (Å²) in [7, 11) is -0.727. The van der Waals surface area contributed by atoms with Gasteiger partial charge >= 0.3 is 0 Å². The van der Waals surface area contributed by atoms with E-state index < -0.39 is 7.58 Å². The molecule has 0 aliphatic rings. The van der Waals surface area contributed by atoms with Crippen LogP contribution in [0.25, 0.3) is 0 Å². The third-order valence-electron chi connectivity index (χ3n) is 5.08. The molecule has 0 aromatic carbocycles. The van der Waals surface area contributed by atoms with Gasteiger partial charge in [0.1, 0.15) is 0 Å². The minimum Gasteiger partial charge on any atom is -0.326 e. The molecule has 0 aromatic heterocycles. The molecule has 28 heavy (non-hydrogen) atoms. The van der Waals surface area contributed by atoms with Crippen LogP contribution in [-0.4, -0.2) is 19.0 Å². The van der Waals surface area contributed by atoms with Crippen molar-refractivity contribution >= 4 is 19.0 Å². The Hall–Kier alpha value is 0.700. The van der Waals surface area contributed by atoms with Crippen LogP contribution in [0.5, 0.6) is 0 Å². The van der Waals surface area contributed by atoms with E-state index in [9.17, 15) is 0 Å². The molecule has 0 aromatic rings. The third kappa shape index (κ3) is 23.0. The van der Waals surface area contributed by atoms with Crippen LogP contribution in [0.1, 0.15) is 136 Å². The first kappa shape index (κ1) is 28.7. The Labute approximate surface area is 183 Å². The van der Waals surface area contributed by atoms with Crippen molar-refractivity contribution in [2.45, 2.75) is 136 Å². The van der Waals surface area contributed by atoms with E-state index in [0.29, 0.717) is 0 Å². The standard InChI is InChI=1S/C24H51O2PS/c1-4-7-10-13-16-19-22-25-27(26-23-20-17-14-11-8-5-2)28-24-21-18-15-12-9-6-3/h4-24H2,1-3H3. The van der Waals surface area contributed by atoms with Gasteiger partial charge in [0, 0.05) is 5.75 Å². The summed E-state index contributed by atoms with van der Waals surface area (Å²) in [6, 6.07) is 0. The fourth-order valence-electron chi connectivity index (χ4n) is 3.18. The molecule has 4 heteroatoms. The highest BCUT2D eigenvalue weighted by atomic mass is 32.7. The highest BCUT2D eigenvalue weighted by molar-refractivity contribution is 8.52. The van der Waals surface area contributed by atoms with Crippen LogP contribution in [0.3, 0.4) is 0 Å². The molecule has 0 N–H and O–H groups in total. The van der Waals surface area contributed by atoms with Gasteiger partial charge in [-0.25, -0.2) is 0 Å². The first-order valence-electron chi connectivity index (χ1n) is 12.5. The van der Waals surface area contributed by atoms with Gasteiger partial charge in [-0.2, -0.15) is 0 Å². The normalized spacial score (nSPS) is 11.6. The zero-order chi connectivity index (χ0) is 20.5. The Kier molecular flexibility index (Phi) is 26.4. The van der Waals surface area contributed by atoms with E-state index in [4.69, 9.17) is 9.05 Å². The lowest BCUT2D eigenvalue weighted by Crippen LogP contribution is -1.95. The molecule has 0 saturated carbocycles. The molecule has 0 fully saturated rings. The van der Waals surface area contributed by atoms with Crippen LogP contribution >= 0.6 is 19.0 Å². The Morgan fingerprint density at radius 2 is 0.821 bits per heavy atom. The minimum atomic E-state index is -0.727. The van der Waals surface area contributed by atoms with Gasteiger partial charge in [0.15, 0.2) is 0 Å². The van der Waals surface area contributed by atoms with Gasteiger partial charge in [0.2, 0.25) is 7.58 Å². The number of hydrogen-bond donors (Lipinski definition) is 0. The number of unbranched alkanes of at least 4 members (excludes halogenated alkanes) is 15. The summed E-state index contributed by atoms with van der Waals surface area (Å²) in [5, 5.41) is 0. The van der Waals surface area contributed by atoms with Gasteiger partial charge in [-0.05, 0) is 19.3 Å². The van der Waals surface area contributed by atoms with Crippen molar-refractivity contribution in [1.82, 2.24) is 0 Å². The predicted molar refractivity (Wildman–Crippen MR) is 131 cm³/mol. The molecule has 0 rings (SSSR count). The fourth-order valence-corrected chi connectivity index (χ4v) is 6.17. The maximum Gasteiger partial charge on any atom is 0.238 e. The van der Waals surface area contributed by atoms with E-state index in [1.54, 1.807) is 0 Å². The zero-order valence-electron chi connectivity index (χ0n) is 19.5. The SMILES string of the molecule is CCCCCCCCOP(OCCCCCCCC)SCCCCCCCC. The zero-order valence-corrected chi connectivity index (χ0v) is 21.2. The minimum absolute atomic E-state index is 0.727. The van der Waals surface area contributed by atoms with Gasteiger partial charge in [0.05, 0.1) is 13.2 Å². The molecular formula is C24H51O2PS. The lowest BCUT2D eigenvalue weighted by Gasteiger charge is -2.16. The van der Waals surface area contributed by atoms with Gasteiger partial charge in [-0.3, -0.25) is 0 Å². The largest absolute Gasteiger partial charge is 0.326 e. The molecule has 170 valence electrons. The second kappa shape index (κ2) is 25.7. The average molecular weight is 435 g/mol. The van der Waals surface area contributed by atoms with Gasteiger partial charge in [0.25, 0.3) is 0 Å². The van der Waals surface area contributed by atoms with Crippen molar-refractivity contribution in [2.24, 2.45) is 0 Å². The molecular weight excluding hydrogens is 383 g/mol. The Bertz CT molecular complexity index is 237. The number of hydrogen-bond acceptors (Lipinski definition) is 3. The molecule has 0 saturated heterocycles. The maximum absolute atomic E-state index is 6.14. The second-order valence-electron chi connectivity index (χ2n) is 8.03. The van der Waals surface area contributed by atoms with Crippen LogP contribution in [0, 0.1) is 0 Å². The average Bonchev–Trinajstić information content (AvgIpc) is 2.71. The quantitative estimate of drug-likeness (QED) is 0.111. The first-order valence-corrected chi connectivity index (χ1v) is 15.3. The Morgan fingerprint density at radius 3 is 1.25 bits per heavy atom. The van der Waals surface area contributed by atoms with E-state index in [1.807, 2.05) is 11.4 Å². The molecule has 0 spiro atoms. The van der Waals surface area contributed by atoms with Crippen LogP contribution in [0.15, 0.2) is 0 Å². The lowest BCUT2D eigenvalue weighted by molar-refractivity contribution is 0.251. The third-order valence-corrected chi connectivity index (χ3v) is 8.37. The summed E-state index contributed by atoms with van der Waals surface area (Å²) in [6.07, 6.45) is 24.1. The maximum atomic E-state index is 6.14. The van der Waals surface area contributed by atoms with Gasteiger partial charge < -0.3 is 9.05 Å². The van der Waals surface area contributed by atoms with Gasteiger partial charge in [-0.15, -0.1) is 0 Å². The summed E-state index contributed by atoms with van der Waals surface area (Å²) in [5.74, 6) is 1.20. The van der Waals surface area contributed by atoms with Crippen molar-refractivity contribution in [3.8, 4) is 0 Å². The van der Waals surface area contributed by atoms with Crippen molar-refractivity contribution in [1.29, 1.82) is 0 Å². The summed E-state index contributed by atoms with van der Waals surface area (Å²) in [6.45, 7) is 8.61. The first-order chi connectivity index (χ1) is 13.8. The predicted octanol–water partition coefficient (Wildman–Crippen LogP) is 10.1. The molecule has 0 aliphatic carbocycles. The van der Waals surface area contributed by atoms with E-state index in [-0.39, 0.29) is 0 Å². The van der Waals surface area contributed by atoms with E-state index in [0.717, 1.165) is 13.2 Å². The summed E-state index contributed by atoms with van der Waals surface area (Å²) < 4.78 is 12.3. The van der Waals surface area contributed by atoms with Crippen molar-refractivity contribution in [3.63, 3.8) is 0 Å².